The fourth-order valence-corrected chi connectivity index (χ4v) is 2.03. The molecule has 0 atom stereocenters. The zero-order valence-corrected chi connectivity index (χ0v) is 12.0. The molecule has 0 radical (unpaired) electrons. The summed E-state index contributed by atoms with van der Waals surface area (Å²) in [7, 11) is 0. The molecule has 5 nitrogen and oxygen atoms in total. The van der Waals surface area contributed by atoms with Gasteiger partial charge in [0.05, 0.1) is 6.54 Å². The normalized spacial score (nSPS) is 11.4. The van der Waals surface area contributed by atoms with E-state index >= 15 is 0 Å². The Morgan fingerprint density at radius 1 is 1.37 bits per heavy atom. The summed E-state index contributed by atoms with van der Waals surface area (Å²) in [5.74, 6) is 1.02. The molecule has 0 spiro atoms. The van der Waals surface area contributed by atoms with Gasteiger partial charge in [0.1, 0.15) is 12.2 Å². The molecule has 0 unspecified atom stereocenters. The van der Waals surface area contributed by atoms with E-state index in [2.05, 4.69) is 59.1 Å². The van der Waals surface area contributed by atoms with Crippen LogP contribution in [0.15, 0.2) is 24.7 Å². The zero-order chi connectivity index (χ0) is 13.7. The van der Waals surface area contributed by atoms with Crippen LogP contribution in [0.3, 0.4) is 0 Å². The molecule has 2 rings (SSSR count). The van der Waals surface area contributed by atoms with Crippen molar-refractivity contribution in [2.45, 2.75) is 52.9 Å². The van der Waals surface area contributed by atoms with Gasteiger partial charge in [-0.3, -0.25) is 0 Å². The van der Waals surface area contributed by atoms with Crippen LogP contribution in [0.1, 0.15) is 38.7 Å². The molecule has 0 saturated carbocycles. The highest BCUT2D eigenvalue weighted by Gasteiger charge is 2.07. The van der Waals surface area contributed by atoms with E-state index in [1.165, 1.54) is 5.69 Å². The van der Waals surface area contributed by atoms with Gasteiger partial charge < -0.3 is 9.88 Å². The summed E-state index contributed by atoms with van der Waals surface area (Å²) < 4.78 is 4.21. The lowest BCUT2D eigenvalue weighted by molar-refractivity contribution is 0.534. The Morgan fingerprint density at radius 2 is 2.21 bits per heavy atom. The second-order valence-corrected chi connectivity index (χ2v) is 5.06. The maximum absolute atomic E-state index is 4.36. The van der Waals surface area contributed by atoms with Gasteiger partial charge in [-0.25, -0.2) is 9.67 Å². The fraction of sp³-hybridized carbons (Fsp3) is 0.571. The number of hydrogen-bond acceptors (Lipinski definition) is 3. The fourth-order valence-electron chi connectivity index (χ4n) is 2.03. The summed E-state index contributed by atoms with van der Waals surface area (Å²) in [6.45, 7) is 9.06. The molecule has 0 aliphatic carbocycles. The molecule has 19 heavy (non-hydrogen) atoms. The van der Waals surface area contributed by atoms with Crippen LogP contribution in [0, 0.1) is 0 Å². The Hall–Kier alpha value is -1.62. The zero-order valence-electron chi connectivity index (χ0n) is 12.0. The Balaban J connectivity index is 2.06. The van der Waals surface area contributed by atoms with Crippen molar-refractivity contribution >= 4 is 0 Å². The van der Waals surface area contributed by atoms with E-state index in [4.69, 9.17) is 0 Å². The van der Waals surface area contributed by atoms with Crippen molar-refractivity contribution in [1.29, 1.82) is 0 Å². The van der Waals surface area contributed by atoms with E-state index in [1.54, 1.807) is 6.33 Å². The molecule has 0 fully saturated rings. The predicted molar refractivity (Wildman–Crippen MR) is 75.8 cm³/mol. The molecule has 5 heteroatoms. The third kappa shape index (κ3) is 3.67. The summed E-state index contributed by atoms with van der Waals surface area (Å²) in [6.07, 6.45) is 4.81. The van der Waals surface area contributed by atoms with Crippen LogP contribution in [0.5, 0.6) is 0 Å². The Kier molecular flexibility index (Phi) is 4.74. The molecular formula is C14H23N5. The quantitative estimate of drug-likeness (QED) is 0.829. The topological polar surface area (TPSA) is 47.7 Å². The van der Waals surface area contributed by atoms with Gasteiger partial charge in [0, 0.05) is 31.0 Å². The van der Waals surface area contributed by atoms with E-state index in [9.17, 15) is 0 Å². The minimum Gasteiger partial charge on any atom is -0.343 e. The number of hydrogen-bond donors (Lipinski definition) is 1. The lowest BCUT2D eigenvalue weighted by Gasteiger charge is -2.12. The van der Waals surface area contributed by atoms with Gasteiger partial charge in [-0.2, -0.15) is 5.10 Å². The van der Waals surface area contributed by atoms with E-state index in [0.717, 1.165) is 31.9 Å². The predicted octanol–water partition coefficient (Wildman–Crippen LogP) is 2.04. The van der Waals surface area contributed by atoms with E-state index < -0.39 is 0 Å². The maximum atomic E-state index is 4.36. The van der Waals surface area contributed by atoms with E-state index in [0.29, 0.717) is 6.04 Å². The minimum atomic E-state index is 0.493. The van der Waals surface area contributed by atoms with Crippen molar-refractivity contribution in [2.75, 3.05) is 0 Å². The average molecular weight is 261 g/mol. The Bertz CT molecular complexity index is 497. The molecule has 0 aliphatic rings. The SMILES string of the molecule is CCCn1ncnc1Cn1cccc1CNC(C)C. The number of aromatic nitrogens is 4. The van der Waals surface area contributed by atoms with Crippen molar-refractivity contribution in [3.8, 4) is 0 Å². The molecule has 0 aliphatic heterocycles. The highest BCUT2D eigenvalue weighted by molar-refractivity contribution is 5.08. The van der Waals surface area contributed by atoms with Gasteiger partial charge >= 0.3 is 0 Å². The summed E-state index contributed by atoms with van der Waals surface area (Å²) in [5, 5.41) is 7.71. The van der Waals surface area contributed by atoms with Crippen molar-refractivity contribution in [1.82, 2.24) is 24.6 Å². The first-order chi connectivity index (χ1) is 9.20. The number of nitrogens with zero attached hydrogens (tertiary/aromatic N) is 4. The summed E-state index contributed by atoms with van der Waals surface area (Å²) in [5.41, 5.74) is 1.28. The van der Waals surface area contributed by atoms with Gasteiger partial charge in [-0.05, 0) is 18.6 Å². The van der Waals surface area contributed by atoms with Crippen LogP contribution >= 0.6 is 0 Å². The first-order valence-electron chi connectivity index (χ1n) is 6.94. The highest BCUT2D eigenvalue weighted by Crippen LogP contribution is 2.07. The molecule has 2 heterocycles. The number of aryl methyl sites for hydroxylation is 1. The van der Waals surface area contributed by atoms with Gasteiger partial charge in [0.25, 0.3) is 0 Å². The van der Waals surface area contributed by atoms with Crippen LogP contribution in [-0.2, 0) is 19.6 Å². The van der Waals surface area contributed by atoms with E-state index in [-0.39, 0.29) is 0 Å². The Morgan fingerprint density at radius 3 is 2.95 bits per heavy atom. The lowest BCUT2D eigenvalue weighted by Crippen LogP contribution is -2.23. The number of nitrogens with one attached hydrogen (secondary N) is 1. The third-order valence-electron chi connectivity index (χ3n) is 3.06. The number of rotatable bonds is 7. The van der Waals surface area contributed by atoms with Crippen molar-refractivity contribution in [2.24, 2.45) is 0 Å². The standard InChI is InChI=1S/C14H23N5/c1-4-7-19-14(16-11-17-19)10-18-8-5-6-13(18)9-15-12(2)3/h5-6,8,11-12,15H,4,7,9-10H2,1-3H3. The van der Waals surface area contributed by atoms with Crippen LogP contribution in [0.4, 0.5) is 0 Å². The summed E-state index contributed by atoms with van der Waals surface area (Å²) >= 11 is 0. The summed E-state index contributed by atoms with van der Waals surface area (Å²) in [6, 6.07) is 4.72. The smallest absolute Gasteiger partial charge is 0.146 e. The molecule has 0 saturated heterocycles. The molecule has 104 valence electrons. The first-order valence-corrected chi connectivity index (χ1v) is 6.94. The second kappa shape index (κ2) is 6.52. The van der Waals surface area contributed by atoms with Crippen LogP contribution in [0.25, 0.3) is 0 Å². The minimum absolute atomic E-state index is 0.493. The molecule has 2 aromatic rings. The Labute approximate surface area is 114 Å². The van der Waals surface area contributed by atoms with Gasteiger partial charge in [-0.15, -0.1) is 0 Å². The molecule has 0 aromatic carbocycles. The first kappa shape index (κ1) is 13.8. The van der Waals surface area contributed by atoms with Gasteiger partial charge in [0.15, 0.2) is 0 Å². The molecule has 1 N–H and O–H groups in total. The van der Waals surface area contributed by atoms with Gasteiger partial charge in [-0.1, -0.05) is 20.8 Å². The molecule has 2 aromatic heterocycles. The van der Waals surface area contributed by atoms with Crippen LogP contribution < -0.4 is 5.32 Å². The van der Waals surface area contributed by atoms with Crippen LogP contribution in [0.2, 0.25) is 0 Å². The average Bonchev–Trinajstić information content (AvgIpc) is 2.98. The van der Waals surface area contributed by atoms with Crippen molar-refractivity contribution in [3.05, 3.63) is 36.2 Å². The largest absolute Gasteiger partial charge is 0.343 e. The molecular weight excluding hydrogens is 238 g/mol. The monoisotopic (exact) mass is 261 g/mol. The van der Waals surface area contributed by atoms with Crippen molar-refractivity contribution in [3.63, 3.8) is 0 Å². The molecule has 0 amide bonds. The maximum Gasteiger partial charge on any atom is 0.146 e. The van der Waals surface area contributed by atoms with Crippen LogP contribution in [-0.4, -0.2) is 25.4 Å². The second-order valence-electron chi connectivity index (χ2n) is 5.06. The molecule has 0 bridgehead atoms. The van der Waals surface area contributed by atoms with Crippen molar-refractivity contribution < 1.29 is 0 Å². The third-order valence-corrected chi connectivity index (χ3v) is 3.06. The summed E-state index contributed by atoms with van der Waals surface area (Å²) in [4.78, 5) is 4.36. The highest BCUT2D eigenvalue weighted by atomic mass is 15.3. The van der Waals surface area contributed by atoms with Gasteiger partial charge in [0.2, 0.25) is 0 Å². The van der Waals surface area contributed by atoms with E-state index in [1.807, 2.05) is 4.68 Å². The lowest BCUT2D eigenvalue weighted by atomic mass is 10.3.